The summed E-state index contributed by atoms with van der Waals surface area (Å²) in [6.07, 6.45) is 1.61. The summed E-state index contributed by atoms with van der Waals surface area (Å²) in [5.41, 5.74) is 1.94. The van der Waals surface area contributed by atoms with Crippen LogP contribution in [0.15, 0.2) is 60.9 Å². The molecule has 112 valence electrons. The number of aromatic nitrogens is 3. The van der Waals surface area contributed by atoms with Crippen LogP contribution in [-0.4, -0.2) is 20.7 Å². The standard InChI is InChI=1S/C17H13N5O/c18-10-13-6-8-14(9-7-13)17(23)19-11-16-21-20-12-22(16)15-4-2-1-3-5-15/h1-9,12H,11H2,(H,19,23). The van der Waals surface area contributed by atoms with Gasteiger partial charge in [-0.05, 0) is 36.4 Å². The van der Waals surface area contributed by atoms with E-state index in [0.29, 0.717) is 17.0 Å². The minimum Gasteiger partial charge on any atom is -0.345 e. The zero-order chi connectivity index (χ0) is 16.1. The summed E-state index contributed by atoms with van der Waals surface area (Å²) in [6, 6.07) is 18.1. The van der Waals surface area contributed by atoms with Crippen molar-refractivity contribution in [2.75, 3.05) is 0 Å². The van der Waals surface area contributed by atoms with Crippen LogP contribution in [0.5, 0.6) is 0 Å². The number of rotatable bonds is 4. The molecule has 0 fully saturated rings. The lowest BCUT2D eigenvalue weighted by atomic mass is 10.1. The van der Waals surface area contributed by atoms with Crippen molar-refractivity contribution < 1.29 is 4.79 Å². The van der Waals surface area contributed by atoms with Crippen molar-refractivity contribution in [3.63, 3.8) is 0 Å². The summed E-state index contributed by atoms with van der Waals surface area (Å²) in [6.45, 7) is 0.258. The van der Waals surface area contributed by atoms with Gasteiger partial charge in [-0.2, -0.15) is 5.26 Å². The SMILES string of the molecule is N#Cc1ccc(C(=O)NCc2nncn2-c2ccccc2)cc1. The van der Waals surface area contributed by atoms with Crippen LogP contribution in [0.2, 0.25) is 0 Å². The smallest absolute Gasteiger partial charge is 0.251 e. The summed E-state index contributed by atoms with van der Waals surface area (Å²) in [7, 11) is 0. The van der Waals surface area contributed by atoms with Crippen molar-refractivity contribution in [2.45, 2.75) is 6.54 Å². The van der Waals surface area contributed by atoms with Crippen molar-refractivity contribution >= 4 is 5.91 Å². The molecule has 0 atom stereocenters. The van der Waals surface area contributed by atoms with Gasteiger partial charge in [0.05, 0.1) is 18.2 Å². The van der Waals surface area contributed by atoms with Crippen LogP contribution in [0.25, 0.3) is 5.69 Å². The quantitative estimate of drug-likeness (QED) is 0.799. The molecular weight excluding hydrogens is 290 g/mol. The van der Waals surface area contributed by atoms with E-state index in [1.165, 1.54) is 0 Å². The van der Waals surface area contributed by atoms with Gasteiger partial charge in [0.25, 0.3) is 5.91 Å². The lowest BCUT2D eigenvalue weighted by Crippen LogP contribution is -2.24. The molecule has 0 aliphatic carbocycles. The maximum Gasteiger partial charge on any atom is 0.251 e. The number of nitriles is 1. The minimum absolute atomic E-state index is 0.225. The predicted molar refractivity (Wildman–Crippen MR) is 83.7 cm³/mol. The molecule has 0 saturated heterocycles. The average molecular weight is 303 g/mol. The van der Waals surface area contributed by atoms with Crippen molar-refractivity contribution in [2.24, 2.45) is 0 Å². The van der Waals surface area contributed by atoms with E-state index in [2.05, 4.69) is 15.5 Å². The largest absolute Gasteiger partial charge is 0.345 e. The van der Waals surface area contributed by atoms with Crippen LogP contribution >= 0.6 is 0 Å². The highest BCUT2D eigenvalue weighted by Gasteiger charge is 2.09. The summed E-state index contributed by atoms with van der Waals surface area (Å²) >= 11 is 0. The number of hydrogen-bond acceptors (Lipinski definition) is 4. The molecule has 6 heteroatoms. The first-order valence-corrected chi connectivity index (χ1v) is 7.00. The number of benzene rings is 2. The molecule has 0 radical (unpaired) electrons. The first kappa shape index (κ1) is 14.5. The molecule has 1 aromatic heterocycles. The maximum atomic E-state index is 12.1. The van der Waals surface area contributed by atoms with Crippen LogP contribution in [0.3, 0.4) is 0 Å². The summed E-state index contributed by atoms with van der Waals surface area (Å²) < 4.78 is 1.82. The van der Waals surface area contributed by atoms with E-state index < -0.39 is 0 Å². The van der Waals surface area contributed by atoms with E-state index in [1.807, 2.05) is 41.0 Å². The summed E-state index contributed by atoms with van der Waals surface area (Å²) in [5.74, 6) is 0.412. The third kappa shape index (κ3) is 3.24. The first-order chi connectivity index (χ1) is 11.3. The van der Waals surface area contributed by atoms with E-state index in [-0.39, 0.29) is 12.5 Å². The second kappa shape index (κ2) is 6.54. The van der Waals surface area contributed by atoms with Crippen LogP contribution < -0.4 is 5.32 Å². The topological polar surface area (TPSA) is 83.6 Å². The minimum atomic E-state index is -0.225. The van der Waals surface area contributed by atoms with Gasteiger partial charge in [0.15, 0.2) is 5.82 Å². The van der Waals surface area contributed by atoms with E-state index >= 15 is 0 Å². The van der Waals surface area contributed by atoms with E-state index in [0.717, 1.165) is 5.69 Å². The van der Waals surface area contributed by atoms with Crippen molar-refractivity contribution in [3.05, 3.63) is 77.9 Å². The number of hydrogen-bond donors (Lipinski definition) is 1. The van der Waals surface area contributed by atoms with Crippen molar-refractivity contribution in [3.8, 4) is 11.8 Å². The first-order valence-electron chi connectivity index (χ1n) is 7.00. The molecule has 0 bridgehead atoms. The number of nitrogens with one attached hydrogen (secondary N) is 1. The van der Waals surface area contributed by atoms with Gasteiger partial charge in [0, 0.05) is 11.3 Å². The zero-order valence-corrected chi connectivity index (χ0v) is 12.2. The van der Waals surface area contributed by atoms with Gasteiger partial charge in [-0.3, -0.25) is 9.36 Å². The molecule has 1 amide bonds. The highest BCUT2D eigenvalue weighted by atomic mass is 16.1. The van der Waals surface area contributed by atoms with Crippen molar-refractivity contribution in [1.29, 1.82) is 5.26 Å². The fourth-order valence-electron chi connectivity index (χ4n) is 2.14. The number of para-hydroxylation sites is 1. The lowest BCUT2D eigenvalue weighted by Gasteiger charge is -2.08. The summed E-state index contributed by atoms with van der Waals surface area (Å²) in [4.78, 5) is 12.1. The Balaban J connectivity index is 1.70. The fraction of sp³-hybridized carbons (Fsp3) is 0.0588. The molecule has 3 rings (SSSR count). The summed E-state index contributed by atoms with van der Waals surface area (Å²) in [5, 5.41) is 19.5. The molecule has 2 aromatic carbocycles. The number of nitrogens with zero attached hydrogens (tertiary/aromatic N) is 4. The van der Waals surface area contributed by atoms with Gasteiger partial charge in [0.1, 0.15) is 6.33 Å². The van der Waals surface area contributed by atoms with Crippen molar-refractivity contribution in [1.82, 2.24) is 20.1 Å². The zero-order valence-electron chi connectivity index (χ0n) is 12.2. The predicted octanol–water partition coefficient (Wildman–Crippen LogP) is 2.07. The molecule has 0 spiro atoms. The molecule has 0 aliphatic rings. The molecule has 0 saturated carbocycles. The molecule has 1 heterocycles. The van der Waals surface area contributed by atoms with Crippen LogP contribution in [0, 0.1) is 11.3 Å². The Hall–Kier alpha value is -3.46. The van der Waals surface area contributed by atoms with Crippen LogP contribution in [-0.2, 0) is 6.54 Å². The van der Waals surface area contributed by atoms with Gasteiger partial charge in [0.2, 0.25) is 0 Å². The number of amides is 1. The molecule has 0 aliphatic heterocycles. The average Bonchev–Trinajstić information content (AvgIpc) is 3.09. The second-order valence-electron chi connectivity index (χ2n) is 4.82. The molecular formula is C17H13N5O. The number of carbonyl (C=O) groups excluding carboxylic acids is 1. The molecule has 6 nitrogen and oxygen atoms in total. The Morgan fingerprint density at radius 3 is 2.57 bits per heavy atom. The van der Waals surface area contributed by atoms with Crippen LogP contribution in [0.4, 0.5) is 0 Å². The van der Waals surface area contributed by atoms with Gasteiger partial charge in [-0.25, -0.2) is 0 Å². The second-order valence-corrected chi connectivity index (χ2v) is 4.82. The molecule has 0 unspecified atom stereocenters. The third-order valence-corrected chi connectivity index (χ3v) is 3.34. The monoisotopic (exact) mass is 303 g/mol. The van der Waals surface area contributed by atoms with Crippen LogP contribution in [0.1, 0.15) is 21.7 Å². The fourth-order valence-corrected chi connectivity index (χ4v) is 2.14. The Kier molecular flexibility index (Phi) is 4.11. The van der Waals surface area contributed by atoms with E-state index in [1.54, 1.807) is 30.6 Å². The Bertz CT molecular complexity index is 847. The Morgan fingerprint density at radius 1 is 1.13 bits per heavy atom. The van der Waals surface area contributed by atoms with Gasteiger partial charge in [-0.15, -0.1) is 10.2 Å². The number of carbonyl (C=O) groups is 1. The van der Waals surface area contributed by atoms with E-state index in [4.69, 9.17) is 5.26 Å². The Labute approximate surface area is 133 Å². The molecule has 23 heavy (non-hydrogen) atoms. The normalized spacial score (nSPS) is 10.0. The van der Waals surface area contributed by atoms with Gasteiger partial charge >= 0.3 is 0 Å². The highest BCUT2D eigenvalue weighted by Crippen LogP contribution is 2.09. The van der Waals surface area contributed by atoms with E-state index in [9.17, 15) is 4.79 Å². The lowest BCUT2D eigenvalue weighted by molar-refractivity contribution is 0.0949. The highest BCUT2D eigenvalue weighted by molar-refractivity contribution is 5.94. The molecule has 1 N–H and O–H groups in total. The third-order valence-electron chi connectivity index (χ3n) is 3.34. The van der Waals surface area contributed by atoms with Gasteiger partial charge in [-0.1, -0.05) is 18.2 Å². The maximum absolute atomic E-state index is 12.1. The Morgan fingerprint density at radius 2 is 1.87 bits per heavy atom. The molecule has 3 aromatic rings. The van der Waals surface area contributed by atoms with Gasteiger partial charge < -0.3 is 5.32 Å².